The fourth-order valence-electron chi connectivity index (χ4n) is 6.96. The van der Waals surface area contributed by atoms with Crippen LogP contribution in [0.3, 0.4) is 0 Å². The van der Waals surface area contributed by atoms with Crippen LogP contribution in [0.4, 0.5) is 37.7 Å². The number of benzene rings is 2. The van der Waals surface area contributed by atoms with Crippen molar-refractivity contribution in [1.82, 2.24) is 0 Å². The Morgan fingerprint density at radius 3 is 1.96 bits per heavy atom. The first-order valence-electron chi connectivity index (χ1n) is 16.5. The lowest BCUT2D eigenvalue weighted by Crippen LogP contribution is -2.35. The summed E-state index contributed by atoms with van der Waals surface area (Å²) in [6, 6.07) is 7.12. The monoisotopic (exact) mass is 704 g/mol. The summed E-state index contributed by atoms with van der Waals surface area (Å²) >= 11 is 0. The van der Waals surface area contributed by atoms with Gasteiger partial charge in [-0.2, -0.15) is 30.9 Å². The predicted molar refractivity (Wildman–Crippen MR) is 176 cm³/mol. The van der Waals surface area contributed by atoms with Crippen molar-refractivity contribution in [3.8, 4) is 0 Å². The van der Waals surface area contributed by atoms with Gasteiger partial charge < -0.3 is 19.5 Å². The number of hydrogen-bond acceptors (Lipinski definition) is 5. The maximum Gasteiger partial charge on any atom is 0.416 e. The highest BCUT2D eigenvalue weighted by molar-refractivity contribution is 6.24. The highest BCUT2D eigenvalue weighted by Crippen LogP contribution is 2.51. The lowest BCUT2D eigenvalue weighted by Gasteiger charge is -2.33. The largest absolute Gasteiger partial charge is 0.871 e. The molecular weight excluding hydrogens is 662 g/mol. The van der Waals surface area contributed by atoms with E-state index >= 15 is 0 Å². The molecule has 3 aliphatic rings. The van der Waals surface area contributed by atoms with Gasteiger partial charge in [-0.05, 0) is 64.0 Å². The SMILES string of the molecule is COC(C)CCN1/C(=C\C2=C([O-])C(=C\C3=[N+](CCC(C)OC)c4cc(C(F)(F)F)ccc4C3(C)C)/C2=O)C(C)(C)c2ccc(C(F)(F)F)cc21. The molecule has 2 heterocycles. The van der Waals surface area contributed by atoms with Crippen LogP contribution in [0.25, 0.3) is 0 Å². The number of anilines is 1. The van der Waals surface area contributed by atoms with Crippen LogP contribution in [-0.2, 0) is 37.5 Å². The second-order valence-corrected chi connectivity index (χ2v) is 14.2. The quantitative estimate of drug-likeness (QED) is 0.144. The van der Waals surface area contributed by atoms with Crippen LogP contribution < -0.4 is 10.0 Å². The van der Waals surface area contributed by atoms with E-state index in [-0.39, 0.29) is 36.4 Å². The van der Waals surface area contributed by atoms with Crippen LogP contribution in [0.5, 0.6) is 0 Å². The van der Waals surface area contributed by atoms with E-state index in [4.69, 9.17) is 9.47 Å². The minimum absolute atomic E-state index is 0.110. The molecule has 0 saturated carbocycles. The number of halogens is 6. The zero-order chi connectivity index (χ0) is 37.1. The average Bonchev–Trinajstić information content (AvgIpc) is 3.39. The second-order valence-electron chi connectivity index (χ2n) is 14.2. The van der Waals surface area contributed by atoms with Gasteiger partial charge in [-0.25, -0.2) is 0 Å². The van der Waals surface area contributed by atoms with Crippen LogP contribution in [0.15, 0.2) is 71.2 Å². The zero-order valence-corrected chi connectivity index (χ0v) is 29.4. The molecule has 0 N–H and O–H groups in total. The molecule has 270 valence electrons. The first-order valence-corrected chi connectivity index (χ1v) is 16.5. The number of alkyl halides is 6. The average molecular weight is 705 g/mol. The van der Waals surface area contributed by atoms with Crippen molar-refractivity contribution in [2.45, 2.75) is 89.8 Å². The molecule has 0 fully saturated rings. The van der Waals surface area contributed by atoms with Gasteiger partial charge in [-0.1, -0.05) is 31.7 Å². The number of carbonyl (C=O) groups is 1. The van der Waals surface area contributed by atoms with Crippen LogP contribution >= 0.6 is 0 Å². The van der Waals surface area contributed by atoms with Gasteiger partial charge in [0.1, 0.15) is 0 Å². The van der Waals surface area contributed by atoms with Crippen molar-refractivity contribution in [2.75, 3.05) is 32.2 Å². The Hall–Kier alpha value is -3.90. The summed E-state index contributed by atoms with van der Waals surface area (Å²) in [5, 5.41) is 13.8. The number of carbonyl (C=O) groups excluding carboxylic acids is 1. The summed E-state index contributed by atoms with van der Waals surface area (Å²) < 4.78 is 95.0. The maximum absolute atomic E-state index is 13.8. The fourth-order valence-corrected chi connectivity index (χ4v) is 6.96. The number of ether oxygens (including phenoxy) is 2. The lowest BCUT2D eigenvalue weighted by molar-refractivity contribution is -0.440. The molecule has 0 saturated heterocycles. The third-order valence-corrected chi connectivity index (χ3v) is 10.3. The first-order chi connectivity index (χ1) is 23.1. The number of ketones is 1. The van der Waals surface area contributed by atoms with Gasteiger partial charge in [0.05, 0.1) is 28.7 Å². The van der Waals surface area contributed by atoms with Gasteiger partial charge >= 0.3 is 12.4 Å². The molecule has 50 heavy (non-hydrogen) atoms. The highest BCUT2D eigenvalue weighted by Gasteiger charge is 2.48. The maximum atomic E-state index is 13.8. The van der Waals surface area contributed by atoms with E-state index in [1.807, 2.05) is 41.5 Å². The van der Waals surface area contributed by atoms with Crippen molar-refractivity contribution in [3.05, 3.63) is 93.4 Å². The van der Waals surface area contributed by atoms with Crippen LogP contribution in [0.2, 0.25) is 0 Å². The number of rotatable bonds is 10. The predicted octanol–water partition coefficient (Wildman–Crippen LogP) is 7.76. The van der Waals surface area contributed by atoms with Crippen LogP contribution in [0.1, 0.15) is 76.6 Å². The molecule has 0 aromatic heterocycles. The molecule has 2 atom stereocenters. The van der Waals surface area contributed by atoms with Gasteiger partial charge in [-0.3, -0.25) is 4.79 Å². The van der Waals surface area contributed by atoms with Crippen molar-refractivity contribution in [2.24, 2.45) is 0 Å². The summed E-state index contributed by atoms with van der Waals surface area (Å²) in [5.74, 6) is -1.09. The summed E-state index contributed by atoms with van der Waals surface area (Å²) in [6.45, 7) is 11.6. The van der Waals surface area contributed by atoms with E-state index in [2.05, 4.69) is 0 Å². The molecular formula is C38H42F6N2O4. The lowest BCUT2D eigenvalue weighted by atomic mass is 9.77. The van der Waals surface area contributed by atoms with Gasteiger partial charge in [0, 0.05) is 72.8 Å². The minimum Gasteiger partial charge on any atom is -0.871 e. The standard InChI is InChI=1S/C38H42F6N2O4/c1-21(49-7)13-15-45-29-17-23(37(39,40)41)9-11-27(29)35(3,4)31(45)19-25-33(47)26(34(25)48)20-32-36(5,6)28-12-10-24(38(42,43)44)18-30(28)46(32)16-14-22(2)50-8/h9-12,17-22H,13-16H2,1-8H3. The van der Waals surface area contributed by atoms with E-state index in [0.29, 0.717) is 46.8 Å². The number of methoxy groups -OCH3 is 2. The summed E-state index contributed by atoms with van der Waals surface area (Å²) in [7, 11) is 3.08. The summed E-state index contributed by atoms with van der Waals surface area (Å²) in [6.07, 6.45) is -5.68. The molecule has 6 nitrogen and oxygen atoms in total. The van der Waals surface area contributed by atoms with Crippen molar-refractivity contribution >= 4 is 22.9 Å². The van der Waals surface area contributed by atoms with Gasteiger partial charge in [0.15, 0.2) is 18.0 Å². The summed E-state index contributed by atoms with van der Waals surface area (Å²) in [5.41, 5.74) is -0.604. The Morgan fingerprint density at radius 1 is 0.840 bits per heavy atom. The molecule has 12 heteroatoms. The van der Waals surface area contributed by atoms with Crippen molar-refractivity contribution < 1.29 is 50.3 Å². The molecule has 2 aromatic rings. The fraction of sp³-hybridized carbons (Fsp3) is 0.474. The van der Waals surface area contributed by atoms with Gasteiger partial charge in [0.2, 0.25) is 5.69 Å². The van der Waals surface area contributed by atoms with E-state index in [0.717, 1.165) is 24.3 Å². The molecule has 0 spiro atoms. The second kappa shape index (κ2) is 13.0. The number of fused-ring (bicyclic) bond motifs is 2. The van der Waals surface area contributed by atoms with Crippen LogP contribution in [-0.4, -0.2) is 55.6 Å². The Balaban J connectivity index is 1.61. The smallest absolute Gasteiger partial charge is 0.416 e. The summed E-state index contributed by atoms with van der Waals surface area (Å²) in [4.78, 5) is 15.5. The van der Waals surface area contributed by atoms with Crippen molar-refractivity contribution in [3.63, 3.8) is 0 Å². The topological polar surface area (TPSA) is 64.8 Å². The van der Waals surface area contributed by atoms with E-state index in [1.165, 1.54) is 38.5 Å². The molecule has 1 aliphatic carbocycles. The van der Waals surface area contributed by atoms with E-state index in [1.54, 1.807) is 9.48 Å². The van der Waals surface area contributed by atoms with E-state index < -0.39 is 45.9 Å². The molecule has 0 bridgehead atoms. The Labute approximate surface area is 288 Å². The Morgan fingerprint density at radius 2 is 1.40 bits per heavy atom. The Kier molecular flexibility index (Phi) is 9.72. The first kappa shape index (κ1) is 37.4. The van der Waals surface area contributed by atoms with Gasteiger partial charge in [0.25, 0.3) is 0 Å². The third kappa shape index (κ3) is 6.52. The highest BCUT2D eigenvalue weighted by atomic mass is 19.4. The van der Waals surface area contributed by atoms with Gasteiger partial charge in [-0.15, -0.1) is 0 Å². The van der Waals surface area contributed by atoms with E-state index in [9.17, 15) is 36.2 Å². The molecule has 5 rings (SSSR count). The third-order valence-electron chi connectivity index (χ3n) is 10.3. The number of Topliss-reactive ketones (excluding diaryl/α,β-unsaturated/α-hetero) is 1. The molecule has 0 radical (unpaired) electrons. The molecule has 2 unspecified atom stereocenters. The number of hydrogen-bond donors (Lipinski definition) is 0. The molecule has 2 aliphatic heterocycles. The zero-order valence-electron chi connectivity index (χ0n) is 29.4. The van der Waals surface area contributed by atoms with Crippen molar-refractivity contribution in [1.29, 1.82) is 0 Å². The number of allylic oxidation sites excluding steroid dienone is 5. The van der Waals surface area contributed by atoms with Crippen LogP contribution in [0, 0.1) is 0 Å². The number of nitrogens with zero attached hydrogens (tertiary/aromatic N) is 2. The molecule has 2 aromatic carbocycles. The Bertz CT molecular complexity index is 1830. The minimum atomic E-state index is -4.57. The molecule has 0 amide bonds. The normalized spacial score (nSPS) is 21.2.